The van der Waals surface area contributed by atoms with Gasteiger partial charge < -0.3 is 4.90 Å². The number of hydrogen-bond donors (Lipinski definition) is 0. The van der Waals surface area contributed by atoms with Crippen LogP contribution in [0.4, 0.5) is 5.82 Å². The van der Waals surface area contributed by atoms with Gasteiger partial charge in [-0.05, 0) is 56.9 Å². The topological polar surface area (TPSA) is 39.9 Å². The molecule has 0 saturated heterocycles. The third-order valence-corrected chi connectivity index (χ3v) is 4.03. The number of hydrogen-bond acceptors (Lipinski definition) is 3. The SMILES string of the molecule is CCN(CC)c1nc2c(C)ccc(C)c2cc1CCC#N. The van der Waals surface area contributed by atoms with E-state index in [1.807, 2.05) is 0 Å². The molecule has 110 valence electrons. The quantitative estimate of drug-likeness (QED) is 0.826. The summed E-state index contributed by atoms with van der Waals surface area (Å²) in [6, 6.07) is 8.75. The van der Waals surface area contributed by atoms with Gasteiger partial charge in [0, 0.05) is 24.9 Å². The number of benzene rings is 1. The van der Waals surface area contributed by atoms with Gasteiger partial charge in [0.2, 0.25) is 0 Å². The van der Waals surface area contributed by atoms with Gasteiger partial charge in [-0.3, -0.25) is 0 Å². The van der Waals surface area contributed by atoms with Crippen LogP contribution in [-0.2, 0) is 6.42 Å². The lowest BCUT2D eigenvalue weighted by Gasteiger charge is -2.24. The average Bonchev–Trinajstić information content (AvgIpc) is 2.50. The zero-order chi connectivity index (χ0) is 15.4. The fourth-order valence-corrected chi connectivity index (χ4v) is 2.74. The highest BCUT2D eigenvalue weighted by Gasteiger charge is 2.14. The second kappa shape index (κ2) is 6.58. The Hall–Kier alpha value is -2.08. The van der Waals surface area contributed by atoms with Crippen LogP contribution in [0.15, 0.2) is 18.2 Å². The number of aryl methyl sites for hydroxylation is 3. The van der Waals surface area contributed by atoms with Crippen LogP contribution in [0.2, 0.25) is 0 Å². The molecule has 0 spiro atoms. The lowest BCUT2D eigenvalue weighted by atomic mass is 10.0. The highest BCUT2D eigenvalue weighted by molar-refractivity contribution is 5.87. The highest BCUT2D eigenvalue weighted by atomic mass is 15.2. The predicted molar refractivity (Wildman–Crippen MR) is 88.7 cm³/mol. The number of nitrogens with zero attached hydrogens (tertiary/aromatic N) is 3. The fourth-order valence-electron chi connectivity index (χ4n) is 2.74. The number of nitriles is 1. The number of rotatable bonds is 5. The maximum atomic E-state index is 8.90. The zero-order valence-electron chi connectivity index (χ0n) is 13.4. The van der Waals surface area contributed by atoms with E-state index in [0.717, 1.165) is 30.8 Å². The molecule has 21 heavy (non-hydrogen) atoms. The molecule has 3 heteroatoms. The summed E-state index contributed by atoms with van der Waals surface area (Å²) in [6.45, 7) is 10.4. The van der Waals surface area contributed by atoms with Crippen molar-refractivity contribution in [2.45, 2.75) is 40.5 Å². The minimum absolute atomic E-state index is 0.534. The molecular formula is C18H23N3. The van der Waals surface area contributed by atoms with Crippen LogP contribution in [0.3, 0.4) is 0 Å². The monoisotopic (exact) mass is 281 g/mol. The number of pyridine rings is 1. The molecule has 0 amide bonds. The van der Waals surface area contributed by atoms with Crippen molar-refractivity contribution in [2.75, 3.05) is 18.0 Å². The maximum absolute atomic E-state index is 8.90. The summed E-state index contributed by atoms with van der Waals surface area (Å²) in [7, 11) is 0. The summed E-state index contributed by atoms with van der Waals surface area (Å²) in [5.41, 5.74) is 4.71. The van der Waals surface area contributed by atoms with Gasteiger partial charge in [0.1, 0.15) is 5.82 Å². The first-order chi connectivity index (χ1) is 10.1. The Morgan fingerprint density at radius 3 is 2.43 bits per heavy atom. The van der Waals surface area contributed by atoms with E-state index in [1.165, 1.54) is 22.1 Å². The van der Waals surface area contributed by atoms with Crippen molar-refractivity contribution in [3.8, 4) is 6.07 Å². The van der Waals surface area contributed by atoms with Gasteiger partial charge in [0.05, 0.1) is 11.6 Å². The molecule has 2 aromatic rings. The molecule has 1 aromatic heterocycles. The Morgan fingerprint density at radius 1 is 1.14 bits per heavy atom. The molecule has 1 aromatic carbocycles. The first kappa shape index (κ1) is 15.3. The second-order valence-electron chi connectivity index (χ2n) is 5.40. The largest absolute Gasteiger partial charge is 0.357 e. The molecular weight excluding hydrogens is 258 g/mol. The van der Waals surface area contributed by atoms with Crippen molar-refractivity contribution >= 4 is 16.7 Å². The van der Waals surface area contributed by atoms with Crippen molar-refractivity contribution in [3.63, 3.8) is 0 Å². The molecule has 1 heterocycles. The maximum Gasteiger partial charge on any atom is 0.132 e. The number of aromatic nitrogens is 1. The van der Waals surface area contributed by atoms with Gasteiger partial charge in [-0.15, -0.1) is 0 Å². The first-order valence-corrected chi connectivity index (χ1v) is 7.64. The molecule has 0 atom stereocenters. The van der Waals surface area contributed by atoms with Crippen molar-refractivity contribution in [2.24, 2.45) is 0 Å². The molecule has 0 aliphatic carbocycles. The Morgan fingerprint density at radius 2 is 1.81 bits per heavy atom. The summed E-state index contributed by atoms with van der Waals surface area (Å²) in [4.78, 5) is 7.22. The molecule has 0 aliphatic rings. The highest BCUT2D eigenvalue weighted by Crippen LogP contribution is 2.28. The molecule has 0 N–H and O–H groups in total. The lowest BCUT2D eigenvalue weighted by Crippen LogP contribution is -2.24. The van der Waals surface area contributed by atoms with Gasteiger partial charge in [-0.1, -0.05) is 12.1 Å². The summed E-state index contributed by atoms with van der Waals surface area (Å²) in [5, 5.41) is 10.1. The lowest BCUT2D eigenvalue weighted by molar-refractivity contribution is 0.833. The third kappa shape index (κ3) is 3.00. The van der Waals surface area contributed by atoms with E-state index in [0.29, 0.717) is 6.42 Å². The van der Waals surface area contributed by atoms with E-state index in [2.05, 4.69) is 56.9 Å². The Kier molecular flexibility index (Phi) is 4.80. The van der Waals surface area contributed by atoms with E-state index in [-0.39, 0.29) is 0 Å². The molecule has 0 aliphatic heterocycles. The second-order valence-corrected chi connectivity index (χ2v) is 5.40. The minimum Gasteiger partial charge on any atom is -0.357 e. The van der Waals surface area contributed by atoms with Crippen molar-refractivity contribution in [1.29, 1.82) is 5.26 Å². The van der Waals surface area contributed by atoms with Gasteiger partial charge in [-0.25, -0.2) is 4.98 Å². The average molecular weight is 281 g/mol. The third-order valence-electron chi connectivity index (χ3n) is 4.03. The molecule has 2 rings (SSSR count). The van der Waals surface area contributed by atoms with Crippen LogP contribution >= 0.6 is 0 Å². The van der Waals surface area contributed by atoms with Crippen LogP contribution in [0, 0.1) is 25.2 Å². The minimum atomic E-state index is 0.534. The smallest absolute Gasteiger partial charge is 0.132 e. The molecule has 0 radical (unpaired) electrons. The van der Waals surface area contributed by atoms with E-state index >= 15 is 0 Å². The summed E-state index contributed by atoms with van der Waals surface area (Å²) < 4.78 is 0. The van der Waals surface area contributed by atoms with E-state index in [9.17, 15) is 0 Å². The number of fused-ring (bicyclic) bond motifs is 1. The van der Waals surface area contributed by atoms with Crippen LogP contribution in [0.25, 0.3) is 10.9 Å². The Labute approximate surface area is 127 Å². The Balaban J connectivity index is 2.68. The molecule has 3 nitrogen and oxygen atoms in total. The van der Waals surface area contributed by atoms with Gasteiger partial charge in [0.15, 0.2) is 0 Å². The van der Waals surface area contributed by atoms with Crippen LogP contribution in [0.1, 0.15) is 37.0 Å². The van der Waals surface area contributed by atoms with E-state index in [4.69, 9.17) is 10.2 Å². The van der Waals surface area contributed by atoms with Crippen molar-refractivity contribution < 1.29 is 0 Å². The number of anilines is 1. The van der Waals surface area contributed by atoms with Crippen LogP contribution in [-0.4, -0.2) is 18.1 Å². The van der Waals surface area contributed by atoms with Crippen LogP contribution in [0.5, 0.6) is 0 Å². The molecule has 0 bridgehead atoms. The molecule has 0 unspecified atom stereocenters. The van der Waals surface area contributed by atoms with Crippen molar-refractivity contribution in [3.05, 3.63) is 34.9 Å². The van der Waals surface area contributed by atoms with E-state index in [1.54, 1.807) is 0 Å². The Bertz CT molecular complexity index is 679. The normalized spacial score (nSPS) is 10.6. The van der Waals surface area contributed by atoms with Gasteiger partial charge >= 0.3 is 0 Å². The predicted octanol–water partition coefficient (Wildman–Crippen LogP) is 4.15. The van der Waals surface area contributed by atoms with Gasteiger partial charge in [-0.2, -0.15) is 5.26 Å². The summed E-state index contributed by atoms with van der Waals surface area (Å²) in [6.07, 6.45) is 1.30. The summed E-state index contributed by atoms with van der Waals surface area (Å²) in [5.74, 6) is 1.04. The van der Waals surface area contributed by atoms with Gasteiger partial charge in [0.25, 0.3) is 0 Å². The van der Waals surface area contributed by atoms with Crippen LogP contribution < -0.4 is 4.90 Å². The zero-order valence-corrected chi connectivity index (χ0v) is 13.4. The van der Waals surface area contributed by atoms with E-state index < -0.39 is 0 Å². The fraction of sp³-hybridized carbons (Fsp3) is 0.444. The molecule has 0 fully saturated rings. The first-order valence-electron chi connectivity index (χ1n) is 7.64. The summed E-state index contributed by atoms with van der Waals surface area (Å²) >= 11 is 0. The standard InChI is InChI=1S/C18H23N3/c1-5-21(6-2)18-15(8-7-11-19)12-16-13(3)9-10-14(4)17(16)20-18/h9-10,12H,5-8H2,1-4H3. The molecule has 0 saturated carbocycles. The van der Waals surface area contributed by atoms with Crippen molar-refractivity contribution in [1.82, 2.24) is 4.98 Å².